The van der Waals surface area contributed by atoms with Crippen molar-refractivity contribution in [3.63, 3.8) is 0 Å². The van der Waals surface area contributed by atoms with Crippen molar-refractivity contribution in [1.29, 1.82) is 0 Å². The van der Waals surface area contributed by atoms with Crippen LogP contribution in [0.1, 0.15) is 33.0 Å². The molecule has 152 valence electrons. The van der Waals surface area contributed by atoms with Gasteiger partial charge >= 0.3 is 0 Å². The van der Waals surface area contributed by atoms with Gasteiger partial charge in [0.05, 0.1) is 0 Å². The van der Waals surface area contributed by atoms with Crippen LogP contribution in [0.3, 0.4) is 0 Å². The second-order valence-electron chi connectivity index (χ2n) is 7.85. The molecule has 1 aromatic heterocycles. The standard InChI is InChI=1S/C26H27N3O/c1-18-8-4-5-9-21(18)26(30)28-16-23(19-12-14-20(15-13-19)29(2)3)24-17-27-25-11-7-6-10-22(24)25/h4-15,17,23,27H,16H2,1-3H3,(H,28,30)/t23-/m1/s1. The maximum Gasteiger partial charge on any atom is 0.251 e. The Morgan fingerprint density at radius 3 is 2.40 bits per heavy atom. The highest BCUT2D eigenvalue weighted by molar-refractivity contribution is 5.95. The van der Waals surface area contributed by atoms with Crippen molar-refractivity contribution >= 4 is 22.5 Å². The molecule has 0 aliphatic carbocycles. The van der Waals surface area contributed by atoms with Crippen molar-refractivity contribution in [2.24, 2.45) is 0 Å². The Morgan fingerprint density at radius 2 is 1.67 bits per heavy atom. The van der Waals surface area contributed by atoms with Crippen LogP contribution in [0.2, 0.25) is 0 Å². The molecule has 4 heteroatoms. The van der Waals surface area contributed by atoms with Crippen molar-refractivity contribution < 1.29 is 4.79 Å². The van der Waals surface area contributed by atoms with Gasteiger partial charge in [-0.3, -0.25) is 4.79 Å². The fraction of sp³-hybridized carbons (Fsp3) is 0.192. The van der Waals surface area contributed by atoms with Crippen LogP contribution < -0.4 is 10.2 Å². The van der Waals surface area contributed by atoms with E-state index in [1.54, 1.807) is 0 Å². The Morgan fingerprint density at radius 1 is 0.967 bits per heavy atom. The minimum atomic E-state index is -0.0390. The van der Waals surface area contributed by atoms with Crippen LogP contribution in [0.4, 0.5) is 5.69 Å². The normalized spacial score (nSPS) is 12.0. The van der Waals surface area contributed by atoms with E-state index in [-0.39, 0.29) is 11.8 Å². The molecule has 4 nitrogen and oxygen atoms in total. The summed E-state index contributed by atoms with van der Waals surface area (Å²) in [6.07, 6.45) is 2.06. The lowest BCUT2D eigenvalue weighted by molar-refractivity contribution is 0.0952. The Kier molecular flexibility index (Phi) is 5.57. The first kappa shape index (κ1) is 19.8. The van der Waals surface area contributed by atoms with Gasteiger partial charge in [-0.05, 0) is 47.9 Å². The largest absolute Gasteiger partial charge is 0.378 e. The van der Waals surface area contributed by atoms with Gasteiger partial charge < -0.3 is 15.2 Å². The van der Waals surface area contributed by atoms with Crippen molar-refractivity contribution in [3.8, 4) is 0 Å². The third kappa shape index (κ3) is 3.94. The summed E-state index contributed by atoms with van der Waals surface area (Å²) < 4.78 is 0. The molecular weight excluding hydrogens is 370 g/mol. The van der Waals surface area contributed by atoms with Crippen molar-refractivity contribution in [2.75, 3.05) is 25.5 Å². The van der Waals surface area contributed by atoms with Crippen LogP contribution in [0.25, 0.3) is 10.9 Å². The number of para-hydroxylation sites is 1. The van der Waals surface area contributed by atoms with Gasteiger partial charge in [-0.2, -0.15) is 0 Å². The van der Waals surface area contributed by atoms with E-state index in [1.807, 2.05) is 51.4 Å². The maximum absolute atomic E-state index is 12.9. The molecule has 0 unspecified atom stereocenters. The first-order valence-electron chi connectivity index (χ1n) is 10.2. The summed E-state index contributed by atoms with van der Waals surface area (Å²) in [5, 5.41) is 4.35. The molecule has 1 amide bonds. The summed E-state index contributed by atoms with van der Waals surface area (Å²) in [6, 6.07) is 24.5. The van der Waals surface area contributed by atoms with E-state index in [4.69, 9.17) is 0 Å². The van der Waals surface area contributed by atoms with E-state index in [1.165, 1.54) is 16.5 Å². The van der Waals surface area contributed by atoms with Crippen molar-refractivity contribution in [3.05, 3.63) is 101 Å². The number of aromatic amines is 1. The van der Waals surface area contributed by atoms with Crippen LogP contribution in [0.5, 0.6) is 0 Å². The van der Waals surface area contributed by atoms with Gasteiger partial charge in [-0.15, -0.1) is 0 Å². The van der Waals surface area contributed by atoms with Crippen molar-refractivity contribution in [2.45, 2.75) is 12.8 Å². The monoisotopic (exact) mass is 397 g/mol. The second-order valence-corrected chi connectivity index (χ2v) is 7.85. The van der Waals surface area contributed by atoms with Crippen LogP contribution >= 0.6 is 0 Å². The van der Waals surface area contributed by atoms with E-state index in [0.29, 0.717) is 6.54 Å². The molecule has 0 saturated heterocycles. The molecule has 1 atom stereocenters. The molecule has 30 heavy (non-hydrogen) atoms. The number of carbonyl (C=O) groups excluding carboxylic acids is 1. The highest BCUT2D eigenvalue weighted by Crippen LogP contribution is 2.31. The number of aryl methyl sites for hydroxylation is 1. The molecule has 0 saturated carbocycles. The number of anilines is 1. The van der Waals surface area contributed by atoms with Gasteiger partial charge in [0.25, 0.3) is 5.91 Å². The molecule has 0 radical (unpaired) electrons. The highest BCUT2D eigenvalue weighted by Gasteiger charge is 2.20. The van der Waals surface area contributed by atoms with Gasteiger partial charge in [0, 0.05) is 54.9 Å². The third-order valence-electron chi connectivity index (χ3n) is 5.66. The van der Waals surface area contributed by atoms with Gasteiger partial charge in [0.2, 0.25) is 0 Å². The minimum absolute atomic E-state index is 0.0390. The van der Waals surface area contributed by atoms with Crippen LogP contribution in [-0.2, 0) is 0 Å². The Bertz CT molecular complexity index is 1160. The first-order valence-corrected chi connectivity index (χ1v) is 10.2. The number of amides is 1. The fourth-order valence-electron chi connectivity index (χ4n) is 3.91. The number of benzene rings is 3. The molecule has 4 aromatic rings. The van der Waals surface area contributed by atoms with Gasteiger partial charge in [0.15, 0.2) is 0 Å². The summed E-state index contributed by atoms with van der Waals surface area (Å²) in [4.78, 5) is 18.3. The number of carbonyl (C=O) groups is 1. The number of nitrogens with zero attached hydrogens (tertiary/aromatic N) is 1. The van der Waals surface area contributed by atoms with Gasteiger partial charge in [-0.25, -0.2) is 0 Å². The summed E-state index contributed by atoms with van der Waals surface area (Å²) >= 11 is 0. The fourth-order valence-corrected chi connectivity index (χ4v) is 3.91. The molecule has 4 rings (SSSR count). The lowest BCUT2D eigenvalue weighted by atomic mass is 9.90. The first-order chi connectivity index (χ1) is 14.5. The summed E-state index contributed by atoms with van der Waals surface area (Å²) in [7, 11) is 4.07. The SMILES string of the molecule is Cc1ccccc1C(=O)NC[C@H](c1ccc(N(C)C)cc1)c1c[nH]c2ccccc12. The number of nitrogens with one attached hydrogen (secondary N) is 2. The minimum Gasteiger partial charge on any atom is -0.378 e. The summed E-state index contributed by atoms with van der Waals surface area (Å²) in [6.45, 7) is 2.49. The average molecular weight is 398 g/mol. The molecule has 1 heterocycles. The number of hydrogen-bond donors (Lipinski definition) is 2. The van der Waals surface area contributed by atoms with E-state index >= 15 is 0 Å². The number of H-pyrrole nitrogens is 1. The predicted molar refractivity (Wildman–Crippen MR) is 124 cm³/mol. The zero-order valence-electron chi connectivity index (χ0n) is 17.6. The lowest BCUT2D eigenvalue weighted by Gasteiger charge is -2.20. The average Bonchev–Trinajstić information content (AvgIpc) is 3.18. The molecular formula is C26H27N3O. The number of rotatable bonds is 6. The van der Waals surface area contributed by atoms with E-state index in [0.717, 1.165) is 22.3 Å². The topological polar surface area (TPSA) is 48.1 Å². The number of fused-ring (bicyclic) bond motifs is 1. The quantitative estimate of drug-likeness (QED) is 0.475. The van der Waals surface area contributed by atoms with Crippen LogP contribution in [0.15, 0.2) is 79.0 Å². The van der Waals surface area contributed by atoms with E-state index < -0.39 is 0 Å². The summed E-state index contributed by atoms with van der Waals surface area (Å²) in [5.74, 6) is 0.00758. The van der Waals surface area contributed by atoms with Gasteiger partial charge in [-0.1, -0.05) is 48.5 Å². The molecule has 0 fully saturated rings. The second kappa shape index (κ2) is 8.46. The molecule has 3 aromatic carbocycles. The third-order valence-corrected chi connectivity index (χ3v) is 5.66. The highest BCUT2D eigenvalue weighted by atomic mass is 16.1. The van der Waals surface area contributed by atoms with E-state index in [9.17, 15) is 4.79 Å². The Hall–Kier alpha value is -3.53. The van der Waals surface area contributed by atoms with Crippen molar-refractivity contribution in [1.82, 2.24) is 10.3 Å². The Labute approximate surface area is 177 Å². The molecule has 0 aliphatic heterocycles. The zero-order valence-corrected chi connectivity index (χ0v) is 17.6. The molecule has 0 aliphatic rings. The molecule has 0 bridgehead atoms. The van der Waals surface area contributed by atoms with Crippen LogP contribution in [0, 0.1) is 6.92 Å². The lowest BCUT2D eigenvalue weighted by Crippen LogP contribution is -2.29. The number of hydrogen-bond acceptors (Lipinski definition) is 2. The van der Waals surface area contributed by atoms with E-state index in [2.05, 4.69) is 63.9 Å². The molecule has 0 spiro atoms. The van der Waals surface area contributed by atoms with Crippen LogP contribution in [-0.4, -0.2) is 31.5 Å². The number of aromatic nitrogens is 1. The zero-order chi connectivity index (χ0) is 21.1. The maximum atomic E-state index is 12.9. The predicted octanol–water partition coefficient (Wildman–Crippen LogP) is 5.10. The van der Waals surface area contributed by atoms with Gasteiger partial charge in [0.1, 0.15) is 0 Å². The Balaban J connectivity index is 1.67. The molecule has 2 N–H and O–H groups in total. The smallest absolute Gasteiger partial charge is 0.251 e. The summed E-state index contributed by atoms with van der Waals surface area (Å²) in [5.41, 5.74) is 6.32.